The van der Waals surface area contributed by atoms with Crippen molar-refractivity contribution in [1.29, 1.82) is 0 Å². The topological polar surface area (TPSA) is 12.0 Å². The first-order valence-electron chi connectivity index (χ1n) is 7.94. The third kappa shape index (κ3) is 4.92. The zero-order chi connectivity index (χ0) is 14.3. The van der Waals surface area contributed by atoms with E-state index in [4.69, 9.17) is 0 Å². The number of rotatable bonds is 9. The van der Waals surface area contributed by atoms with Crippen LogP contribution in [0.1, 0.15) is 74.2 Å². The molecule has 0 saturated carbocycles. The molecule has 1 rings (SSSR count). The first-order valence-corrected chi connectivity index (χ1v) is 8.75. The zero-order valence-corrected chi connectivity index (χ0v) is 14.2. The number of unbranched alkanes of at least 4 members (excludes halogenated alkanes) is 1. The summed E-state index contributed by atoms with van der Waals surface area (Å²) in [6, 6.07) is 2.91. The molecule has 0 spiro atoms. The van der Waals surface area contributed by atoms with E-state index < -0.39 is 0 Å². The first-order chi connectivity index (χ1) is 9.13. The summed E-state index contributed by atoms with van der Waals surface area (Å²) >= 11 is 1.99. The lowest BCUT2D eigenvalue weighted by molar-refractivity contribution is 0.327. The van der Waals surface area contributed by atoms with Gasteiger partial charge in [-0.05, 0) is 50.8 Å². The van der Waals surface area contributed by atoms with Crippen LogP contribution in [0.25, 0.3) is 0 Å². The van der Waals surface area contributed by atoms with Crippen LogP contribution >= 0.6 is 11.3 Å². The van der Waals surface area contributed by atoms with E-state index in [9.17, 15) is 0 Å². The molecule has 2 heteroatoms. The minimum Gasteiger partial charge on any atom is -0.309 e. The van der Waals surface area contributed by atoms with E-state index in [-0.39, 0.29) is 0 Å². The Hall–Kier alpha value is -0.340. The van der Waals surface area contributed by atoms with Crippen molar-refractivity contribution in [2.24, 2.45) is 5.92 Å². The van der Waals surface area contributed by atoms with Crippen LogP contribution in [0.5, 0.6) is 0 Å². The van der Waals surface area contributed by atoms with E-state index in [1.165, 1.54) is 42.5 Å². The van der Waals surface area contributed by atoms with Gasteiger partial charge in [0.25, 0.3) is 0 Å². The van der Waals surface area contributed by atoms with Crippen LogP contribution in [0, 0.1) is 19.8 Å². The van der Waals surface area contributed by atoms with Gasteiger partial charge in [0.2, 0.25) is 0 Å². The van der Waals surface area contributed by atoms with E-state index in [0.717, 1.165) is 12.5 Å². The van der Waals surface area contributed by atoms with Crippen molar-refractivity contribution >= 4 is 11.3 Å². The van der Waals surface area contributed by atoms with Gasteiger partial charge in [0.1, 0.15) is 0 Å². The van der Waals surface area contributed by atoms with E-state index in [0.29, 0.717) is 6.04 Å². The average Bonchev–Trinajstić information content (AvgIpc) is 2.72. The monoisotopic (exact) mass is 281 g/mol. The van der Waals surface area contributed by atoms with Crippen molar-refractivity contribution in [3.05, 3.63) is 21.4 Å². The maximum Gasteiger partial charge on any atom is 0.0446 e. The predicted octanol–water partition coefficient (Wildman–Crippen LogP) is 5.62. The van der Waals surface area contributed by atoms with Crippen LogP contribution in [0.3, 0.4) is 0 Å². The minimum absolute atomic E-state index is 0.565. The Morgan fingerprint density at radius 1 is 1.16 bits per heavy atom. The lowest BCUT2D eigenvalue weighted by Crippen LogP contribution is -2.28. The summed E-state index contributed by atoms with van der Waals surface area (Å²) in [6.45, 7) is 12.5. The van der Waals surface area contributed by atoms with E-state index in [2.05, 4.69) is 46.0 Å². The van der Waals surface area contributed by atoms with Gasteiger partial charge in [-0.1, -0.05) is 40.0 Å². The molecule has 0 bridgehead atoms. The van der Waals surface area contributed by atoms with Gasteiger partial charge in [-0.3, -0.25) is 0 Å². The van der Waals surface area contributed by atoms with E-state index in [1.807, 2.05) is 11.3 Å². The molecule has 1 heterocycles. The molecule has 0 aliphatic rings. The predicted molar refractivity (Wildman–Crippen MR) is 88.1 cm³/mol. The Morgan fingerprint density at radius 3 is 2.37 bits per heavy atom. The van der Waals surface area contributed by atoms with Crippen molar-refractivity contribution in [2.75, 3.05) is 6.54 Å². The second-order valence-corrected chi connectivity index (χ2v) is 6.93. The molecule has 0 saturated heterocycles. The van der Waals surface area contributed by atoms with Crippen molar-refractivity contribution < 1.29 is 0 Å². The second kappa shape index (κ2) is 8.76. The number of aryl methyl sites for hydroxylation is 2. The van der Waals surface area contributed by atoms with Crippen molar-refractivity contribution in [3.63, 3.8) is 0 Å². The smallest absolute Gasteiger partial charge is 0.0446 e. The summed E-state index contributed by atoms with van der Waals surface area (Å²) < 4.78 is 0. The molecule has 2 atom stereocenters. The van der Waals surface area contributed by atoms with Gasteiger partial charge in [-0.2, -0.15) is 0 Å². The van der Waals surface area contributed by atoms with Gasteiger partial charge in [0.05, 0.1) is 0 Å². The summed E-state index contributed by atoms with van der Waals surface area (Å²) in [5.74, 6) is 0.781. The zero-order valence-electron chi connectivity index (χ0n) is 13.4. The van der Waals surface area contributed by atoms with Crippen LogP contribution in [0.15, 0.2) is 6.07 Å². The first kappa shape index (κ1) is 16.7. The van der Waals surface area contributed by atoms with E-state index >= 15 is 0 Å². The van der Waals surface area contributed by atoms with Gasteiger partial charge in [-0.15, -0.1) is 11.3 Å². The Morgan fingerprint density at radius 2 is 1.89 bits per heavy atom. The molecule has 1 aromatic rings. The summed E-state index contributed by atoms with van der Waals surface area (Å²) in [4.78, 5) is 3.02. The molecule has 0 aliphatic heterocycles. The molecule has 0 radical (unpaired) electrons. The van der Waals surface area contributed by atoms with Gasteiger partial charge < -0.3 is 5.32 Å². The molecule has 19 heavy (non-hydrogen) atoms. The molecule has 110 valence electrons. The summed E-state index contributed by atoms with van der Waals surface area (Å²) in [5.41, 5.74) is 1.48. The highest BCUT2D eigenvalue weighted by Gasteiger charge is 2.23. The van der Waals surface area contributed by atoms with Gasteiger partial charge in [-0.25, -0.2) is 0 Å². The van der Waals surface area contributed by atoms with Gasteiger partial charge >= 0.3 is 0 Å². The molecule has 0 fully saturated rings. The van der Waals surface area contributed by atoms with Crippen LogP contribution in [-0.2, 0) is 0 Å². The third-order valence-corrected chi connectivity index (χ3v) is 5.14. The number of nitrogens with one attached hydrogen (secondary N) is 1. The highest BCUT2D eigenvalue weighted by atomic mass is 32.1. The number of hydrogen-bond donors (Lipinski definition) is 1. The van der Waals surface area contributed by atoms with Crippen molar-refractivity contribution in [1.82, 2.24) is 5.32 Å². The molecule has 1 aromatic heterocycles. The molecule has 0 aliphatic carbocycles. The maximum atomic E-state index is 3.81. The SMILES string of the molecule is CCCCC(CC)C(NCCC)c1sc(C)cc1C. The van der Waals surface area contributed by atoms with Gasteiger partial charge in [0, 0.05) is 15.8 Å². The fraction of sp³-hybridized carbons (Fsp3) is 0.765. The normalized spacial score (nSPS) is 14.6. The molecular weight excluding hydrogens is 250 g/mol. The summed E-state index contributed by atoms with van der Waals surface area (Å²) in [7, 11) is 0. The molecule has 0 amide bonds. The molecule has 1 N–H and O–H groups in total. The lowest BCUT2D eigenvalue weighted by Gasteiger charge is -2.27. The fourth-order valence-corrected chi connectivity index (χ4v) is 4.02. The van der Waals surface area contributed by atoms with Crippen LogP contribution in [0.2, 0.25) is 0 Å². The minimum atomic E-state index is 0.565. The molecular formula is C17H31NS. The Kier molecular flexibility index (Phi) is 7.70. The van der Waals surface area contributed by atoms with Crippen LogP contribution in [-0.4, -0.2) is 6.54 Å². The average molecular weight is 282 g/mol. The van der Waals surface area contributed by atoms with E-state index in [1.54, 1.807) is 4.88 Å². The lowest BCUT2D eigenvalue weighted by atomic mass is 9.89. The Balaban J connectivity index is 2.88. The Bertz CT molecular complexity index is 356. The summed E-state index contributed by atoms with van der Waals surface area (Å²) in [6.07, 6.45) is 6.50. The van der Waals surface area contributed by atoms with Crippen LogP contribution < -0.4 is 5.32 Å². The highest BCUT2D eigenvalue weighted by molar-refractivity contribution is 7.12. The molecule has 1 nitrogen and oxygen atoms in total. The van der Waals surface area contributed by atoms with Gasteiger partial charge in [0.15, 0.2) is 0 Å². The Labute approximate surface area is 123 Å². The largest absolute Gasteiger partial charge is 0.309 e. The van der Waals surface area contributed by atoms with Crippen molar-refractivity contribution in [3.8, 4) is 0 Å². The number of hydrogen-bond acceptors (Lipinski definition) is 2. The van der Waals surface area contributed by atoms with Crippen LogP contribution in [0.4, 0.5) is 0 Å². The molecule has 0 aromatic carbocycles. The van der Waals surface area contributed by atoms with Crippen molar-refractivity contribution in [2.45, 2.75) is 72.8 Å². The highest BCUT2D eigenvalue weighted by Crippen LogP contribution is 2.35. The number of thiophene rings is 1. The molecule has 2 unspecified atom stereocenters. The third-order valence-electron chi connectivity index (χ3n) is 3.90. The summed E-state index contributed by atoms with van der Waals surface area (Å²) in [5, 5.41) is 3.81. The fourth-order valence-electron chi connectivity index (χ4n) is 2.81. The second-order valence-electron chi connectivity index (χ2n) is 5.65. The maximum absolute atomic E-state index is 3.81. The quantitative estimate of drug-likeness (QED) is 0.619. The standard InChI is InChI=1S/C17H31NS/c1-6-9-10-15(8-3)16(18-11-7-2)17-13(4)12-14(5)19-17/h12,15-16,18H,6-11H2,1-5H3.